The summed E-state index contributed by atoms with van der Waals surface area (Å²) in [5.41, 5.74) is 0.426. The molecular formula is C54H80O27. The first kappa shape index (κ1) is 68.4. The van der Waals surface area contributed by atoms with E-state index in [1.807, 2.05) is 0 Å². The summed E-state index contributed by atoms with van der Waals surface area (Å²) in [5.74, 6) is -5.75. The Balaban J connectivity index is 1.87. The van der Waals surface area contributed by atoms with Crippen LogP contribution >= 0.6 is 0 Å². The molecule has 4 aliphatic rings. The molecule has 0 spiro atoms. The molecule has 0 aromatic heterocycles. The van der Waals surface area contributed by atoms with Crippen molar-refractivity contribution in [3.63, 3.8) is 0 Å². The van der Waals surface area contributed by atoms with Gasteiger partial charge in [0.15, 0.2) is 49.6 Å². The maximum atomic E-state index is 13.3. The van der Waals surface area contributed by atoms with Gasteiger partial charge in [0.25, 0.3) is 0 Å². The van der Waals surface area contributed by atoms with Gasteiger partial charge in [0.1, 0.15) is 86.5 Å². The summed E-state index contributed by atoms with van der Waals surface area (Å²) in [6.07, 6.45) is -32.8. The van der Waals surface area contributed by atoms with Gasteiger partial charge >= 0.3 is 35.8 Å². The van der Waals surface area contributed by atoms with Crippen molar-refractivity contribution in [3.8, 4) is 0 Å². The minimum atomic E-state index is -2.22. The molecule has 27 heteroatoms. The average Bonchev–Trinajstić information content (AvgIpc) is 3.51. The predicted octanol–water partition coefficient (Wildman–Crippen LogP) is -0.566. The second-order valence-corrected chi connectivity index (χ2v) is 20.0. The summed E-state index contributed by atoms with van der Waals surface area (Å²) < 4.78 is 75.9. The van der Waals surface area contributed by atoms with Crippen molar-refractivity contribution in [1.82, 2.24) is 0 Å². The molecule has 0 radical (unpaired) electrons. The summed E-state index contributed by atoms with van der Waals surface area (Å²) in [6, 6.07) is 0. The molecule has 4 heterocycles. The Labute approximate surface area is 468 Å². The Hall–Kier alpha value is -5.08. The van der Waals surface area contributed by atoms with Crippen LogP contribution in [0.25, 0.3) is 0 Å². The van der Waals surface area contributed by atoms with Gasteiger partial charge in [-0.15, -0.1) is 0 Å². The molecule has 4 rings (SSSR count). The van der Waals surface area contributed by atoms with Crippen LogP contribution in [0, 0.1) is 5.92 Å². The molecule has 0 aromatic rings. The van der Waals surface area contributed by atoms with Crippen LogP contribution in [0.3, 0.4) is 0 Å². The van der Waals surface area contributed by atoms with E-state index in [0.717, 1.165) is 0 Å². The number of esters is 6. The summed E-state index contributed by atoms with van der Waals surface area (Å²) >= 11 is 0. The second-order valence-electron chi connectivity index (χ2n) is 20.0. The highest BCUT2D eigenvalue weighted by Gasteiger charge is 2.58. The Morgan fingerprint density at radius 3 is 1.02 bits per heavy atom. The monoisotopic (exact) mass is 1160 g/mol. The zero-order valence-corrected chi connectivity index (χ0v) is 47.4. The fraction of sp³-hybridized carbons (Fsp3) is 0.704. The third-order valence-electron chi connectivity index (χ3n) is 13.8. The molecule has 4 fully saturated rings. The van der Waals surface area contributed by atoms with Crippen molar-refractivity contribution in [2.75, 3.05) is 26.4 Å². The minimum absolute atomic E-state index is 0.0373. The van der Waals surface area contributed by atoms with E-state index in [2.05, 4.69) is 0 Å². The van der Waals surface area contributed by atoms with Gasteiger partial charge in [-0.3, -0.25) is 4.79 Å². The highest BCUT2D eigenvalue weighted by Crippen LogP contribution is 2.37. The Morgan fingerprint density at radius 1 is 0.395 bits per heavy atom. The van der Waals surface area contributed by atoms with Crippen LogP contribution < -0.4 is 0 Å². The lowest BCUT2D eigenvalue weighted by atomic mass is 9.96. The molecule has 0 bridgehead atoms. The zero-order valence-electron chi connectivity index (χ0n) is 47.4. The fourth-order valence-corrected chi connectivity index (χ4v) is 8.21. The number of rotatable bonds is 23. The smallest absolute Gasteiger partial charge is 0.333 e. The van der Waals surface area contributed by atoms with Gasteiger partial charge in [-0.05, 0) is 75.2 Å². The van der Waals surface area contributed by atoms with Crippen molar-refractivity contribution in [1.29, 1.82) is 0 Å². The summed E-state index contributed by atoms with van der Waals surface area (Å²) in [4.78, 5) is 78.4. The standard InChI is InChI=1S/C54H80O27/c1-13-24(8)46(64)69-21-31-34(58)36(60)44(79-51-38(62)42(77-49(67)27(11)16-4)40(29(19-55)71-51)75-33(57)18-23(6)7)53(73-31)81-54-45(37(61)35(59)32(74-54)22-70-47(65)25(9)14-2)80-52-39(63)43(78-50(68)28(12)17-5)41(30(20-56)72-52)76-48(66)26(10)15-3/h13-17,23,29-32,34-45,51-56,58-63H,18-22H2,1-12H3. The van der Waals surface area contributed by atoms with Gasteiger partial charge in [-0.1, -0.05) is 44.2 Å². The van der Waals surface area contributed by atoms with E-state index in [1.165, 1.54) is 85.8 Å². The van der Waals surface area contributed by atoms with Crippen molar-refractivity contribution in [2.24, 2.45) is 5.92 Å². The first-order chi connectivity index (χ1) is 38.2. The van der Waals surface area contributed by atoms with Crippen molar-refractivity contribution < 1.29 is 131 Å². The highest BCUT2D eigenvalue weighted by atomic mass is 16.8. The van der Waals surface area contributed by atoms with E-state index < -0.39 is 185 Å². The Kier molecular flexibility index (Phi) is 26.6. The maximum Gasteiger partial charge on any atom is 0.333 e. The summed E-state index contributed by atoms with van der Waals surface area (Å²) in [5, 5.41) is 92.4. The number of aliphatic hydroxyl groups excluding tert-OH is 8. The molecule has 20 unspecified atom stereocenters. The first-order valence-corrected chi connectivity index (χ1v) is 26.4. The average molecular weight is 1160 g/mol. The molecule has 8 N–H and O–H groups in total. The SMILES string of the molecule is CC=C(C)C(=O)OCC1OC(OC2OC(COC(=O)C(C)=CC)C(O)C(O)C2OC2OC(CO)C(OC(=O)C(C)=CC)C(OC(=O)C(C)=CC)C2O)C(OC2OC(CO)C(OC(=O)CC(C)C)C(OC(=O)C(C)=CC)C2O)C(O)C1O. The first-order valence-electron chi connectivity index (χ1n) is 26.4. The lowest BCUT2D eigenvalue weighted by molar-refractivity contribution is -0.414. The topological polar surface area (TPSA) is 384 Å². The molecule has 0 amide bonds. The fourth-order valence-electron chi connectivity index (χ4n) is 8.21. The van der Waals surface area contributed by atoms with Crippen LogP contribution in [0.4, 0.5) is 0 Å². The minimum Gasteiger partial charge on any atom is -0.459 e. The van der Waals surface area contributed by atoms with Gasteiger partial charge < -0.3 is 102 Å². The van der Waals surface area contributed by atoms with E-state index in [1.54, 1.807) is 27.7 Å². The number of allylic oxidation sites excluding steroid dienone is 5. The van der Waals surface area contributed by atoms with Gasteiger partial charge in [-0.25, -0.2) is 24.0 Å². The molecular weight excluding hydrogens is 1080 g/mol. The third kappa shape index (κ3) is 17.5. The van der Waals surface area contributed by atoms with Crippen LogP contribution in [0.15, 0.2) is 58.2 Å². The highest BCUT2D eigenvalue weighted by molar-refractivity contribution is 5.89. The normalized spacial score (nSPS) is 35.4. The van der Waals surface area contributed by atoms with Crippen LogP contribution in [-0.2, 0) is 90.3 Å². The van der Waals surface area contributed by atoms with Gasteiger partial charge in [0.2, 0.25) is 0 Å². The van der Waals surface area contributed by atoms with Gasteiger partial charge in [0.05, 0.1) is 13.2 Å². The number of ether oxygens (including phenoxy) is 13. The molecule has 0 aliphatic carbocycles. The largest absolute Gasteiger partial charge is 0.459 e. The molecule has 4 aliphatic heterocycles. The van der Waals surface area contributed by atoms with Crippen molar-refractivity contribution in [3.05, 3.63) is 58.2 Å². The van der Waals surface area contributed by atoms with Crippen molar-refractivity contribution in [2.45, 2.75) is 212 Å². The Bertz CT molecular complexity index is 2310. The van der Waals surface area contributed by atoms with Crippen LogP contribution in [0.1, 0.15) is 89.5 Å². The molecule has 458 valence electrons. The van der Waals surface area contributed by atoms with Gasteiger partial charge in [0, 0.05) is 34.3 Å². The van der Waals surface area contributed by atoms with Crippen LogP contribution in [0.2, 0.25) is 0 Å². The van der Waals surface area contributed by atoms with E-state index in [4.69, 9.17) is 61.6 Å². The van der Waals surface area contributed by atoms with Crippen molar-refractivity contribution >= 4 is 35.8 Å². The Morgan fingerprint density at radius 2 is 0.704 bits per heavy atom. The lowest BCUT2D eigenvalue weighted by Gasteiger charge is -2.49. The molecule has 0 saturated carbocycles. The second kappa shape index (κ2) is 31.5. The quantitative estimate of drug-likeness (QED) is 0.0361. The molecule has 4 saturated heterocycles. The molecule has 27 nitrogen and oxygen atoms in total. The van der Waals surface area contributed by atoms with E-state index in [-0.39, 0.29) is 40.2 Å². The number of hydrogen-bond donors (Lipinski definition) is 8. The zero-order chi connectivity index (χ0) is 60.7. The number of aliphatic hydroxyl groups is 8. The third-order valence-corrected chi connectivity index (χ3v) is 13.8. The maximum absolute atomic E-state index is 13.3. The molecule has 0 aromatic carbocycles. The van der Waals surface area contributed by atoms with Crippen LogP contribution in [-0.4, -0.2) is 226 Å². The van der Waals surface area contributed by atoms with E-state index in [9.17, 15) is 69.6 Å². The van der Waals surface area contributed by atoms with E-state index in [0.29, 0.717) is 0 Å². The van der Waals surface area contributed by atoms with E-state index >= 15 is 0 Å². The van der Waals surface area contributed by atoms with Gasteiger partial charge in [-0.2, -0.15) is 0 Å². The van der Waals surface area contributed by atoms with Crippen LogP contribution in [0.5, 0.6) is 0 Å². The lowest BCUT2D eigenvalue weighted by Crippen LogP contribution is -2.68. The molecule has 81 heavy (non-hydrogen) atoms. The predicted molar refractivity (Wildman–Crippen MR) is 274 cm³/mol. The number of hydrogen-bond acceptors (Lipinski definition) is 27. The number of carbonyl (C=O) groups is 6. The summed E-state index contributed by atoms with van der Waals surface area (Å²) in [7, 11) is 0. The number of carbonyl (C=O) groups excluding carboxylic acids is 6. The summed E-state index contributed by atoms with van der Waals surface area (Å²) in [6.45, 7) is 14.6. The molecule has 20 atom stereocenters.